The van der Waals surface area contributed by atoms with Crippen LogP contribution in [0.4, 0.5) is 4.79 Å². The second-order valence-electron chi connectivity index (χ2n) is 8.30. The fourth-order valence-electron chi connectivity index (χ4n) is 3.72. The molecule has 25 heavy (non-hydrogen) atoms. The van der Waals surface area contributed by atoms with Gasteiger partial charge in [0, 0.05) is 35.9 Å². The van der Waals surface area contributed by atoms with Gasteiger partial charge < -0.3 is 10.6 Å². The molecule has 0 bridgehead atoms. The monoisotopic (exact) mass is 355 g/mol. The molecule has 2 aliphatic rings. The highest BCUT2D eigenvalue weighted by molar-refractivity contribution is 7.15. The third-order valence-electron chi connectivity index (χ3n) is 5.04. The molecule has 2 aliphatic heterocycles. The first-order valence-electron chi connectivity index (χ1n) is 8.82. The van der Waals surface area contributed by atoms with Crippen molar-refractivity contribution >= 4 is 17.4 Å². The molecule has 0 unspecified atom stereocenters. The van der Waals surface area contributed by atoms with Crippen LogP contribution in [-0.4, -0.2) is 36.1 Å². The highest BCUT2D eigenvalue weighted by Gasteiger charge is 2.47. The van der Waals surface area contributed by atoms with Crippen LogP contribution in [0.2, 0.25) is 0 Å². The van der Waals surface area contributed by atoms with Gasteiger partial charge in [0.05, 0.1) is 5.54 Å². The Morgan fingerprint density at radius 2 is 1.92 bits per heavy atom. The van der Waals surface area contributed by atoms with Crippen molar-refractivity contribution in [3.05, 3.63) is 46.8 Å². The summed E-state index contributed by atoms with van der Waals surface area (Å²) < 4.78 is 0. The van der Waals surface area contributed by atoms with Gasteiger partial charge in [0.15, 0.2) is 0 Å². The van der Waals surface area contributed by atoms with E-state index in [1.54, 1.807) is 0 Å². The molecule has 5 heteroatoms. The molecule has 4 nitrogen and oxygen atoms in total. The lowest BCUT2D eigenvalue weighted by Crippen LogP contribution is -2.68. The second-order valence-corrected chi connectivity index (χ2v) is 9.39. The number of nitrogens with zero attached hydrogens (tertiary/aromatic N) is 1. The summed E-state index contributed by atoms with van der Waals surface area (Å²) in [4.78, 5) is 16.6. The van der Waals surface area contributed by atoms with E-state index in [9.17, 15) is 4.79 Å². The van der Waals surface area contributed by atoms with E-state index in [1.165, 1.54) is 20.9 Å². The van der Waals surface area contributed by atoms with E-state index in [0.717, 1.165) is 26.2 Å². The first kappa shape index (κ1) is 16.6. The molecule has 2 fully saturated rings. The summed E-state index contributed by atoms with van der Waals surface area (Å²) in [6, 6.07) is 13.2. The first-order valence-corrected chi connectivity index (χ1v) is 9.63. The molecule has 4 rings (SSSR count). The number of amides is 2. The lowest BCUT2D eigenvalue weighted by molar-refractivity contribution is 0.0597. The second kappa shape index (κ2) is 5.85. The van der Waals surface area contributed by atoms with E-state index in [1.807, 2.05) is 11.3 Å². The Balaban J connectivity index is 1.51. The number of rotatable bonds is 3. The fourth-order valence-corrected chi connectivity index (χ4v) is 4.84. The van der Waals surface area contributed by atoms with Gasteiger partial charge in [-0.15, -0.1) is 11.3 Å². The number of hydrogen-bond acceptors (Lipinski definition) is 3. The Hall–Kier alpha value is -1.85. The number of urea groups is 1. The van der Waals surface area contributed by atoms with E-state index in [2.05, 4.69) is 72.7 Å². The predicted molar refractivity (Wildman–Crippen MR) is 103 cm³/mol. The standard InChI is InChI=1S/C20H25N3OS/c1-19(2,3)17-9-8-16(25-17)15-7-5-4-6-14(15)10-23-12-20(13-23)11-21-18(24)22-20/h4-9H,10-13H2,1-3H3,(H2,21,22,24). The minimum atomic E-state index is -0.0473. The van der Waals surface area contributed by atoms with E-state index >= 15 is 0 Å². The van der Waals surface area contributed by atoms with Crippen molar-refractivity contribution < 1.29 is 4.79 Å². The van der Waals surface area contributed by atoms with Crippen LogP contribution in [0, 0.1) is 0 Å². The van der Waals surface area contributed by atoms with Gasteiger partial charge in [-0.1, -0.05) is 45.0 Å². The maximum absolute atomic E-state index is 11.4. The Morgan fingerprint density at radius 3 is 2.56 bits per heavy atom. The average Bonchev–Trinajstić information content (AvgIpc) is 3.14. The zero-order valence-corrected chi connectivity index (χ0v) is 15.9. The van der Waals surface area contributed by atoms with Gasteiger partial charge in [0.25, 0.3) is 0 Å². The molecular formula is C20H25N3OS. The van der Waals surface area contributed by atoms with Crippen molar-refractivity contribution in [2.75, 3.05) is 19.6 Å². The normalized spacial score (nSPS) is 19.6. The summed E-state index contributed by atoms with van der Waals surface area (Å²) in [6.07, 6.45) is 0. The molecule has 132 valence electrons. The van der Waals surface area contributed by atoms with Crippen LogP contribution in [0.15, 0.2) is 36.4 Å². The SMILES string of the molecule is CC(C)(C)c1ccc(-c2ccccc2CN2CC3(CNC(=O)N3)C2)s1. The van der Waals surface area contributed by atoms with Gasteiger partial charge in [-0.25, -0.2) is 4.79 Å². The van der Waals surface area contributed by atoms with Crippen molar-refractivity contribution in [3.8, 4) is 10.4 Å². The number of hydrogen-bond donors (Lipinski definition) is 2. The fraction of sp³-hybridized carbons (Fsp3) is 0.450. The number of likely N-dealkylation sites (tertiary alicyclic amines) is 1. The van der Waals surface area contributed by atoms with Gasteiger partial charge in [-0.2, -0.15) is 0 Å². The topological polar surface area (TPSA) is 44.4 Å². The zero-order chi connectivity index (χ0) is 17.7. The summed E-state index contributed by atoms with van der Waals surface area (Å²) in [7, 11) is 0. The molecule has 2 amide bonds. The quantitative estimate of drug-likeness (QED) is 0.884. The molecule has 0 saturated carbocycles. The molecular weight excluding hydrogens is 330 g/mol. The lowest BCUT2D eigenvalue weighted by Gasteiger charge is -2.47. The zero-order valence-electron chi connectivity index (χ0n) is 15.1. The smallest absolute Gasteiger partial charge is 0.315 e. The van der Waals surface area contributed by atoms with E-state index in [4.69, 9.17) is 0 Å². The molecule has 0 atom stereocenters. The van der Waals surface area contributed by atoms with Crippen LogP contribution in [0.5, 0.6) is 0 Å². The van der Waals surface area contributed by atoms with Crippen molar-refractivity contribution in [2.24, 2.45) is 0 Å². The van der Waals surface area contributed by atoms with E-state index < -0.39 is 0 Å². The largest absolute Gasteiger partial charge is 0.336 e. The van der Waals surface area contributed by atoms with Crippen LogP contribution < -0.4 is 10.6 Å². The van der Waals surface area contributed by atoms with Crippen molar-refractivity contribution in [1.82, 2.24) is 15.5 Å². The van der Waals surface area contributed by atoms with Gasteiger partial charge >= 0.3 is 6.03 Å². The summed E-state index contributed by atoms with van der Waals surface area (Å²) in [5.74, 6) is 0. The lowest BCUT2D eigenvalue weighted by atomic mass is 9.90. The molecule has 1 aromatic heterocycles. The van der Waals surface area contributed by atoms with Gasteiger partial charge in [0.2, 0.25) is 0 Å². The van der Waals surface area contributed by atoms with Crippen molar-refractivity contribution in [3.63, 3.8) is 0 Å². The summed E-state index contributed by atoms with van der Waals surface area (Å²) >= 11 is 1.89. The highest BCUT2D eigenvalue weighted by atomic mass is 32.1. The van der Waals surface area contributed by atoms with Crippen LogP contribution in [0.1, 0.15) is 31.2 Å². The predicted octanol–water partition coefficient (Wildman–Crippen LogP) is 3.58. The molecule has 0 aliphatic carbocycles. The Bertz CT molecular complexity index is 799. The Kier molecular flexibility index (Phi) is 3.89. The Morgan fingerprint density at radius 1 is 1.16 bits per heavy atom. The first-order chi connectivity index (χ1) is 11.8. The van der Waals surface area contributed by atoms with Gasteiger partial charge in [0.1, 0.15) is 0 Å². The molecule has 2 aromatic rings. The van der Waals surface area contributed by atoms with E-state index in [-0.39, 0.29) is 17.0 Å². The number of nitrogens with one attached hydrogen (secondary N) is 2. The van der Waals surface area contributed by atoms with Crippen LogP contribution >= 0.6 is 11.3 Å². The summed E-state index contributed by atoms with van der Waals surface area (Å²) in [5.41, 5.74) is 2.83. The van der Waals surface area contributed by atoms with Crippen LogP contribution in [0.25, 0.3) is 10.4 Å². The van der Waals surface area contributed by atoms with E-state index in [0.29, 0.717) is 0 Å². The number of carbonyl (C=O) groups is 1. The molecule has 2 N–H and O–H groups in total. The number of benzene rings is 1. The van der Waals surface area contributed by atoms with Crippen LogP contribution in [-0.2, 0) is 12.0 Å². The Labute approximate surface area is 153 Å². The maximum Gasteiger partial charge on any atom is 0.315 e. The molecule has 0 radical (unpaired) electrons. The summed E-state index contributed by atoms with van der Waals surface area (Å²) in [5, 5.41) is 5.93. The molecule has 3 heterocycles. The average molecular weight is 356 g/mol. The van der Waals surface area contributed by atoms with Crippen molar-refractivity contribution in [1.29, 1.82) is 0 Å². The summed E-state index contributed by atoms with van der Waals surface area (Å²) in [6.45, 7) is 10.3. The maximum atomic E-state index is 11.4. The highest BCUT2D eigenvalue weighted by Crippen LogP contribution is 2.37. The molecule has 1 aromatic carbocycles. The van der Waals surface area contributed by atoms with Crippen LogP contribution in [0.3, 0.4) is 0 Å². The molecule has 1 spiro atoms. The minimum absolute atomic E-state index is 0.0339. The molecule has 2 saturated heterocycles. The van der Waals surface area contributed by atoms with Gasteiger partial charge in [-0.3, -0.25) is 4.90 Å². The van der Waals surface area contributed by atoms with Crippen molar-refractivity contribution in [2.45, 2.75) is 38.3 Å². The van der Waals surface area contributed by atoms with Gasteiger partial charge in [-0.05, 0) is 28.7 Å². The number of thiophene rings is 1. The third-order valence-corrected chi connectivity index (χ3v) is 6.58. The number of carbonyl (C=O) groups excluding carboxylic acids is 1. The third kappa shape index (κ3) is 3.18. The minimum Gasteiger partial charge on any atom is -0.336 e.